The summed E-state index contributed by atoms with van der Waals surface area (Å²) in [6.45, 7) is 0. The number of carbonyl (C=O) groups excluding carboxylic acids is 1. The molecular weight excluding hydrogens is 362 g/mol. The lowest BCUT2D eigenvalue weighted by molar-refractivity contribution is 0.262. The molecule has 4 rings (SSSR count). The molecule has 0 aliphatic heterocycles. The van der Waals surface area contributed by atoms with Gasteiger partial charge in [-0.1, -0.05) is 54.6 Å². The highest BCUT2D eigenvalue weighted by Gasteiger charge is 2.08. The predicted octanol–water partition coefficient (Wildman–Crippen LogP) is 6.18. The van der Waals surface area contributed by atoms with E-state index >= 15 is 0 Å². The summed E-state index contributed by atoms with van der Waals surface area (Å²) < 4.78 is 6.12. The lowest BCUT2D eigenvalue weighted by atomic mass is 10.0. The molecule has 3 aromatic carbocycles. The largest absolute Gasteiger partial charge is 0.457 e. The number of hydrogen-bond acceptors (Lipinski definition) is 3. The second-order valence-corrected chi connectivity index (χ2v) is 6.31. The first-order valence-corrected chi connectivity index (χ1v) is 9.18. The van der Waals surface area contributed by atoms with E-state index in [0.29, 0.717) is 17.1 Å². The number of amides is 2. The molecular formula is C24H19N3O2. The molecule has 5 heteroatoms. The Morgan fingerprint density at radius 1 is 0.759 bits per heavy atom. The van der Waals surface area contributed by atoms with Crippen LogP contribution in [0.2, 0.25) is 0 Å². The van der Waals surface area contributed by atoms with Crippen LogP contribution in [0.5, 0.6) is 11.5 Å². The van der Waals surface area contributed by atoms with E-state index in [4.69, 9.17) is 4.74 Å². The molecule has 5 nitrogen and oxygen atoms in total. The average Bonchev–Trinajstić information content (AvgIpc) is 2.76. The molecule has 0 saturated heterocycles. The molecule has 0 radical (unpaired) electrons. The molecule has 1 heterocycles. The summed E-state index contributed by atoms with van der Waals surface area (Å²) in [7, 11) is 0. The lowest BCUT2D eigenvalue weighted by Crippen LogP contribution is -2.19. The fourth-order valence-corrected chi connectivity index (χ4v) is 2.91. The smallest absolute Gasteiger partial charge is 0.323 e. The summed E-state index contributed by atoms with van der Waals surface area (Å²) in [5, 5.41) is 5.54. The molecule has 0 fully saturated rings. The number of anilines is 2. The zero-order valence-electron chi connectivity index (χ0n) is 15.6. The second-order valence-electron chi connectivity index (χ2n) is 6.31. The van der Waals surface area contributed by atoms with Crippen LogP contribution in [-0.2, 0) is 0 Å². The minimum atomic E-state index is -0.347. The van der Waals surface area contributed by atoms with Crippen LogP contribution in [0.15, 0.2) is 103 Å². The summed E-state index contributed by atoms with van der Waals surface area (Å²) in [6, 6.07) is 28.4. The van der Waals surface area contributed by atoms with Crippen LogP contribution in [0.25, 0.3) is 11.1 Å². The standard InChI is InChI=1S/C24H19N3O2/c28-24(27-20-11-7-15-25-17-20)26-19-10-6-12-21(16-19)29-23-14-5-4-13-22(23)18-8-2-1-3-9-18/h1-17H,(H2,26,27,28). The van der Waals surface area contributed by atoms with Crippen molar-refractivity contribution in [2.24, 2.45) is 0 Å². The summed E-state index contributed by atoms with van der Waals surface area (Å²) in [4.78, 5) is 16.2. The first kappa shape index (κ1) is 18.3. The van der Waals surface area contributed by atoms with Gasteiger partial charge in [0.15, 0.2) is 0 Å². The SMILES string of the molecule is O=C(Nc1cccnc1)Nc1cccc(Oc2ccccc2-c2ccccc2)c1. The van der Waals surface area contributed by atoms with Crippen molar-refractivity contribution in [3.05, 3.63) is 103 Å². The normalized spacial score (nSPS) is 10.2. The van der Waals surface area contributed by atoms with Gasteiger partial charge in [-0.05, 0) is 35.9 Å². The van der Waals surface area contributed by atoms with E-state index in [1.165, 1.54) is 0 Å². The third-order valence-electron chi connectivity index (χ3n) is 4.21. The van der Waals surface area contributed by atoms with Crippen LogP contribution in [0.1, 0.15) is 0 Å². The monoisotopic (exact) mass is 381 g/mol. The van der Waals surface area contributed by atoms with E-state index in [1.807, 2.05) is 66.7 Å². The summed E-state index contributed by atoms with van der Waals surface area (Å²) >= 11 is 0. The van der Waals surface area contributed by atoms with Gasteiger partial charge in [0.25, 0.3) is 0 Å². The maximum atomic E-state index is 12.2. The fraction of sp³-hybridized carbons (Fsp3) is 0. The molecule has 1 aromatic heterocycles. The Balaban J connectivity index is 1.49. The zero-order valence-corrected chi connectivity index (χ0v) is 15.6. The molecule has 0 saturated carbocycles. The van der Waals surface area contributed by atoms with Crippen LogP contribution >= 0.6 is 0 Å². The highest BCUT2D eigenvalue weighted by molar-refractivity contribution is 5.99. The van der Waals surface area contributed by atoms with Gasteiger partial charge in [-0.25, -0.2) is 4.79 Å². The number of ether oxygens (including phenoxy) is 1. The molecule has 29 heavy (non-hydrogen) atoms. The van der Waals surface area contributed by atoms with Crippen LogP contribution in [0.3, 0.4) is 0 Å². The topological polar surface area (TPSA) is 63.2 Å². The molecule has 4 aromatic rings. The number of pyridine rings is 1. The Morgan fingerprint density at radius 2 is 1.52 bits per heavy atom. The van der Waals surface area contributed by atoms with E-state index in [9.17, 15) is 4.79 Å². The fourth-order valence-electron chi connectivity index (χ4n) is 2.91. The Hall–Kier alpha value is -4.12. The number of aromatic nitrogens is 1. The van der Waals surface area contributed by atoms with Gasteiger partial charge in [-0.15, -0.1) is 0 Å². The maximum Gasteiger partial charge on any atom is 0.323 e. The van der Waals surface area contributed by atoms with Gasteiger partial charge in [-0.3, -0.25) is 4.98 Å². The van der Waals surface area contributed by atoms with Crippen LogP contribution < -0.4 is 15.4 Å². The number of rotatable bonds is 5. The number of benzene rings is 3. The van der Waals surface area contributed by atoms with Crippen molar-refractivity contribution in [2.75, 3.05) is 10.6 Å². The molecule has 0 spiro atoms. The molecule has 0 atom stereocenters. The zero-order chi connectivity index (χ0) is 19.9. The maximum absolute atomic E-state index is 12.2. The molecule has 0 bridgehead atoms. The van der Waals surface area contributed by atoms with E-state index in [1.54, 1.807) is 36.7 Å². The second kappa shape index (κ2) is 8.71. The van der Waals surface area contributed by atoms with Gasteiger partial charge in [-0.2, -0.15) is 0 Å². The van der Waals surface area contributed by atoms with Crippen LogP contribution in [0, 0.1) is 0 Å². The minimum Gasteiger partial charge on any atom is -0.457 e. The lowest BCUT2D eigenvalue weighted by Gasteiger charge is -2.13. The van der Waals surface area contributed by atoms with E-state index < -0.39 is 0 Å². The predicted molar refractivity (Wildman–Crippen MR) is 115 cm³/mol. The summed E-state index contributed by atoms with van der Waals surface area (Å²) in [5.74, 6) is 1.38. The number of para-hydroxylation sites is 1. The first-order valence-electron chi connectivity index (χ1n) is 9.18. The van der Waals surface area contributed by atoms with Gasteiger partial charge in [0.05, 0.1) is 11.9 Å². The third kappa shape index (κ3) is 4.78. The summed E-state index contributed by atoms with van der Waals surface area (Å²) in [5.41, 5.74) is 3.32. The Morgan fingerprint density at radius 3 is 2.34 bits per heavy atom. The van der Waals surface area contributed by atoms with Crippen LogP contribution in [0.4, 0.5) is 16.2 Å². The van der Waals surface area contributed by atoms with E-state index in [-0.39, 0.29) is 6.03 Å². The van der Waals surface area contributed by atoms with E-state index in [0.717, 1.165) is 16.9 Å². The van der Waals surface area contributed by atoms with E-state index in [2.05, 4.69) is 15.6 Å². The minimum absolute atomic E-state index is 0.347. The molecule has 142 valence electrons. The quantitative estimate of drug-likeness (QED) is 0.433. The number of hydrogen-bond donors (Lipinski definition) is 2. The third-order valence-corrected chi connectivity index (χ3v) is 4.21. The molecule has 2 amide bonds. The number of carbonyl (C=O) groups is 1. The van der Waals surface area contributed by atoms with Crippen molar-refractivity contribution in [1.29, 1.82) is 0 Å². The van der Waals surface area contributed by atoms with Crippen molar-refractivity contribution < 1.29 is 9.53 Å². The highest BCUT2D eigenvalue weighted by Crippen LogP contribution is 2.33. The number of nitrogens with zero attached hydrogens (tertiary/aromatic N) is 1. The van der Waals surface area contributed by atoms with Crippen molar-refractivity contribution in [3.63, 3.8) is 0 Å². The summed E-state index contributed by atoms with van der Waals surface area (Å²) in [6.07, 6.45) is 3.23. The van der Waals surface area contributed by atoms with Crippen molar-refractivity contribution in [2.45, 2.75) is 0 Å². The molecule has 0 aliphatic rings. The highest BCUT2D eigenvalue weighted by atomic mass is 16.5. The average molecular weight is 381 g/mol. The van der Waals surface area contributed by atoms with Crippen molar-refractivity contribution >= 4 is 17.4 Å². The van der Waals surface area contributed by atoms with Crippen molar-refractivity contribution in [3.8, 4) is 22.6 Å². The van der Waals surface area contributed by atoms with Crippen LogP contribution in [-0.4, -0.2) is 11.0 Å². The molecule has 0 aliphatic carbocycles. The Kier molecular flexibility index (Phi) is 5.48. The van der Waals surface area contributed by atoms with Crippen molar-refractivity contribution in [1.82, 2.24) is 4.98 Å². The van der Waals surface area contributed by atoms with Gasteiger partial charge < -0.3 is 15.4 Å². The van der Waals surface area contributed by atoms with Gasteiger partial charge in [0.1, 0.15) is 11.5 Å². The molecule has 0 unspecified atom stereocenters. The van der Waals surface area contributed by atoms with Gasteiger partial charge >= 0.3 is 6.03 Å². The van der Waals surface area contributed by atoms with Gasteiger partial charge in [0.2, 0.25) is 0 Å². The Bertz CT molecular complexity index is 1100. The van der Waals surface area contributed by atoms with Gasteiger partial charge in [0, 0.05) is 23.5 Å². The number of nitrogens with one attached hydrogen (secondary N) is 2. The Labute approximate surface area is 169 Å². The number of urea groups is 1. The molecule has 2 N–H and O–H groups in total. The first-order chi connectivity index (χ1) is 14.3.